The fourth-order valence-electron chi connectivity index (χ4n) is 2.82. The minimum absolute atomic E-state index is 0.0766. The molecular formula is C23H18Cl3NO5. The number of rotatable bonds is 6. The summed E-state index contributed by atoms with van der Waals surface area (Å²) < 4.78 is 10.5. The van der Waals surface area contributed by atoms with Crippen LogP contribution in [0.3, 0.4) is 0 Å². The molecule has 9 heteroatoms. The number of nitrogens with one attached hydrogen (secondary N) is 1. The third-order valence-corrected chi connectivity index (χ3v) is 5.11. The number of hydrogen-bond acceptors (Lipinski definition) is 5. The molecule has 1 amide bonds. The number of phenolic OH excluding ortho intramolecular Hbond substituents is 1. The van der Waals surface area contributed by atoms with E-state index in [4.69, 9.17) is 39.5 Å². The first-order valence-electron chi connectivity index (χ1n) is 9.48. The van der Waals surface area contributed by atoms with Gasteiger partial charge >= 0.3 is 11.9 Å². The van der Waals surface area contributed by atoms with Gasteiger partial charge in [0.15, 0.2) is 5.75 Å². The van der Waals surface area contributed by atoms with E-state index in [-0.39, 0.29) is 33.8 Å². The van der Waals surface area contributed by atoms with Gasteiger partial charge in [-0.15, -0.1) is 0 Å². The van der Waals surface area contributed by atoms with E-state index in [2.05, 4.69) is 10.1 Å². The van der Waals surface area contributed by atoms with Gasteiger partial charge in [0.2, 0.25) is 0 Å². The van der Waals surface area contributed by atoms with Gasteiger partial charge in [-0.25, -0.2) is 4.79 Å². The second-order valence-electron chi connectivity index (χ2n) is 6.64. The minimum atomic E-state index is -1.02. The first kappa shape index (κ1) is 23.7. The Hall–Kier alpha value is -2.93. The van der Waals surface area contributed by atoms with Crippen LogP contribution in [0.25, 0.3) is 0 Å². The molecule has 6 nitrogen and oxygen atoms in total. The highest BCUT2D eigenvalue weighted by atomic mass is 35.5. The van der Waals surface area contributed by atoms with Crippen LogP contribution in [0.2, 0.25) is 15.1 Å². The van der Waals surface area contributed by atoms with Crippen LogP contribution in [0.4, 0.5) is 5.69 Å². The second kappa shape index (κ2) is 10.6. The Balaban J connectivity index is 1.78. The van der Waals surface area contributed by atoms with Gasteiger partial charge in [0, 0.05) is 22.7 Å². The molecule has 166 valence electrons. The number of phenols is 1. The van der Waals surface area contributed by atoms with Crippen molar-refractivity contribution in [2.24, 2.45) is 0 Å². The van der Waals surface area contributed by atoms with Crippen LogP contribution in [0.15, 0.2) is 54.6 Å². The van der Waals surface area contributed by atoms with Crippen molar-refractivity contribution in [2.45, 2.75) is 13.3 Å². The standard InChI is InChI=1S/C23H18Cl3NO5/c1-2-31-23(30)22(29)27-16-11-18(25)21(19(26)12-16)32-17-7-8-20(28)14(10-17)9-13-3-5-15(24)6-4-13/h3-8,10-12,28H,2,9H2,1H3,(H,27,29). The van der Waals surface area contributed by atoms with Crippen LogP contribution in [-0.2, 0) is 20.7 Å². The Morgan fingerprint density at radius 2 is 1.62 bits per heavy atom. The molecule has 0 unspecified atom stereocenters. The molecule has 0 aliphatic carbocycles. The lowest BCUT2D eigenvalue weighted by Gasteiger charge is -2.13. The molecule has 3 aromatic rings. The largest absolute Gasteiger partial charge is 0.508 e. The molecule has 3 rings (SSSR count). The topological polar surface area (TPSA) is 84.9 Å². The molecule has 0 atom stereocenters. The van der Waals surface area contributed by atoms with Gasteiger partial charge in [-0.2, -0.15) is 0 Å². The quantitative estimate of drug-likeness (QED) is 0.313. The van der Waals surface area contributed by atoms with Crippen LogP contribution in [-0.4, -0.2) is 23.6 Å². The Morgan fingerprint density at radius 1 is 0.969 bits per heavy atom. The van der Waals surface area contributed by atoms with Crippen molar-refractivity contribution in [3.8, 4) is 17.2 Å². The van der Waals surface area contributed by atoms with Gasteiger partial charge in [-0.3, -0.25) is 4.79 Å². The molecule has 0 bridgehead atoms. The number of amides is 1. The number of carbonyl (C=O) groups is 2. The average molecular weight is 495 g/mol. The lowest BCUT2D eigenvalue weighted by molar-refractivity contribution is -0.152. The predicted molar refractivity (Wildman–Crippen MR) is 124 cm³/mol. The molecule has 0 saturated heterocycles. The summed E-state index contributed by atoms with van der Waals surface area (Å²) in [5, 5.41) is 13.4. The van der Waals surface area contributed by atoms with Crippen LogP contribution in [0, 0.1) is 0 Å². The van der Waals surface area contributed by atoms with Crippen molar-refractivity contribution < 1.29 is 24.2 Å². The normalized spacial score (nSPS) is 10.5. The average Bonchev–Trinajstić information content (AvgIpc) is 2.74. The Kier molecular flexibility index (Phi) is 7.85. The van der Waals surface area contributed by atoms with Gasteiger partial charge < -0.3 is 19.9 Å². The zero-order valence-corrected chi connectivity index (χ0v) is 19.1. The van der Waals surface area contributed by atoms with Crippen LogP contribution < -0.4 is 10.1 Å². The maximum absolute atomic E-state index is 11.8. The monoisotopic (exact) mass is 493 g/mol. The number of ether oxygens (including phenoxy) is 2. The number of hydrogen-bond donors (Lipinski definition) is 2. The highest BCUT2D eigenvalue weighted by molar-refractivity contribution is 6.39. The summed E-state index contributed by atoms with van der Waals surface area (Å²) in [6, 6.07) is 14.8. The smallest absolute Gasteiger partial charge is 0.397 e. The number of esters is 1. The van der Waals surface area contributed by atoms with E-state index in [1.807, 2.05) is 12.1 Å². The van der Waals surface area contributed by atoms with Crippen molar-refractivity contribution in [3.05, 3.63) is 80.8 Å². The van der Waals surface area contributed by atoms with E-state index in [1.165, 1.54) is 18.2 Å². The maximum atomic E-state index is 11.8. The number of anilines is 1. The first-order valence-corrected chi connectivity index (χ1v) is 10.6. The Bertz CT molecular complexity index is 1130. The molecular weight excluding hydrogens is 477 g/mol. The lowest BCUT2D eigenvalue weighted by Crippen LogP contribution is -2.24. The molecule has 0 radical (unpaired) electrons. The van der Waals surface area contributed by atoms with Crippen molar-refractivity contribution >= 4 is 52.4 Å². The maximum Gasteiger partial charge on any atom is 0.397 e. The van der Waals surface area contributed by atoms with E-state index in [0.29, 0.717) is 22.8 Å². The van der Waals surface area contributed by atoms with E-state index >= 15 is 0 Å². The first-order chi connectivity index (χ1) is 15.3. The summed E-state index contributed by atoms with van der Waals surface area (Å²) in [5.41, 5.74) is 1.80. The third-order valence-electron chi connectivity index (χ3n) is 4.30. The third kappa shape index (κ3) is 6.07. The van der Waals surface area contributed by atoms with Crippen molar-refractivity contribution in [1.82, 2.24) is 0 Å². The van der Waals surface area contributed by atoms with Crippen LogP contribution in [0.1, 0.15) is 18.1 Å². The summed E-state index contributed by atoms with van der Waals surface area (Å²) in [6.45, 7) is 1.67. The van der Waals surface area contributed by atoms with Crippen LogP contribution >= 0.6 is 34.8 Å². The molecule has 3 aromatic carbocycles. The molecule has 0 saturated carbocycles. The highest BCUT2D eigenvalue weighted by Gasteiger charge is 2.18. The fraction of sp³-hybridized carbons (Fsp3) is 0.130. The van der Waals surface area contributed by atoms with E-state index in [9.17, 15) is 14.7 Å². The van der Waals surface area contributed by atoms with Crippen molar-refractivity contribution in [1.29, 1.82) is 0 Å². The Morgan fingerprint density at radius 3 is 2.25 bits per heavy atom. The number of carbonyl (C=O) groups excluding carboxylic acids is 2. The molecule has 0 fully saturated rings. The molecule has 0 aromatic heterocycles. The van der Waals surface area contributed by atoms with Crippen molar-refractivity contribution in [2.75, 3.05) is 11.9 Å². The van der Waals surface area contributed by atoms with E-state index < -0.39 is 11.9 Å². The highest BCUT2D eigenvalue weighted by Crippen LogP contribution is 2.39. The van der Waals surface area contributed by atoms with E-state index in [0.717, 1.165) is 5.56 Å². The van der Waals surface area contributed by atoms with Crippen molar-refractivity contribution in [3.63, 3.8) is 0 Å². The zero-order valence-electron chi connectivity index (χ0n) is 16.8. The fourth-order valence-corrected chi connectivity index (χ4v) is 3.51. The van der Waals surface area contributed by atoms with Crippen LogP contribution in [0.5, 0.6) is 17.2 Å². The van der Waals surface area contributed by atoms with Gasteiger partial charge in [0.1, 0.15) is 11.5 Å². The predicted octanol–water partition coefficient (Wildman–Crippen LogP) is 6.24. The Labute approximate surface area is 199 Å². The van der Waals surface area contributed by atoms with E-state index in [1.54, 1.807) is 31.2 Å². The molecule has 0 aliphatic heterocycles. The summed E-state index contributed by atoms with van der Waals surface area (Å²) >= 11 is 18.5. The summed E-state index contributed by atoms with van der Waals surface area (Å²) in [7, 11) is 0. The number of halogens is 3. The minimum Gasteiger partial charge on any atom is -0.508 e. The van der Waals surface area contributed by atoms with Gasteiger partial charge in [0.25, 0.3) is 0 Å². The summed E-state index contributed by atoms with van der Waals surface area (Å²) in [5.74, 6) is -1.29. The second-order valence-corrected chi connectivity index (χ2v) is 7.89. The van der Waals surface area contributed by atoms with Gasteiger partial charge in [0.05, 0.1) is 16.7 Å². The zero-order chi connectivity index (χ0) is 23.3. The summed E-state index contributed by atoms with van der Waals surface area (Å²) in [4.78, 5) is 23.3. The number of aromatic hydroxyl groups is 1. The number of benzene rings is 3. The molecule has 0 spiro atoms. The molecule has 0 heterocycles. The molecule has 32 heavy (non-hydrogen) atoms. The van der Waals surface area contributed by atoms with Gasteiger partial charge in [-0.1, -0.05) is 46.9 Å². The lowest BCUT2D eigenvalue weighted by atomic mass is 10.0. The molecule has 2 N–H and O–H groups in total. The SMILES string of the molecule is CCOC(=O)C(=O)Nc1cc(Cl)c(Oc2ccc(O)c(Cc3ccc(Cl)cc3)c2)c(Cl)c1. The van der Waals surface area contributed by atoms with Gasteiger partial charge in [-0.05, 0) is 55.0 Å². The summed E-state index contributed by atoms with van der Waals surface area (Å²) in [6.07, 6.45) is 0.459. The molecule has 0 aliphatic rings.